The van der Waals surface area contributed by atoms with Crippen molar-refractivity contribution < 1.29 is 23.8 Å². The van der Waals surface area contributed by atoms with Gasteiger partial charge in [0, 0.05) is 47.8 Å². The number of hydrogen-bond donors (Lipinski definition) is 0. The van der Waals surface area contributed by atoms with Gasteiger partial charge in [0.15, 0.2) is 0 Å². The van der Waals surface area contributed by atoms with E-state index in [0.717, 1.165) is 17.5 Å². The van der Waals surface area contributed by atoms with Crippen molar-refractivity contribution in [2.24, 2.45) is 0 Å². The number of carbonyl (C=O) groups excluding carboxylic acids is 2. The third kappa shape index (κ3) is 6.49. The standard InChI is InChI=1S/C29H33ClN2O5S/c1-4-37-14-5-12-31(29(34)21-16-23(35-2)18-24(17-21)36-3)19-27(33)32-13-10-26-25(11-15-38-26)28(32)20-6-8-22(30)9-7-20/h6-9,11,15-18,28H,4-5,10,12-14,19H2,1-3H3. The van der Waals surface area contributed by atoms with Gasteiger partial charge in [-0.25, -0.2) is 0 Å². The SMILES string of the molecule is CCOCCCN(CC(=O)N1CCc2sccc2C1c1ccc(Cl)cc1)C(=O)c1cc(OC)cc(OC)c1. The highest BCUT2D eigenvalue weighted by molar-refractivity contribution is 7.10. The minimum absolute atomic E-state index is 0.0476. The Morgan fingerprint density at radius 2 is 1.79 bits per heavy atom. The molecule has 9 heteroatoms. The quantitative estimate of drug-likeness (QED) is 0.293. The lowest BCUT2D eigenvalue weighted by atomic mass is 9.93. The van der Waals surface area contributed by atoms with Crippen molar-refractivity contribution in [1.82, 2.24) is 9.80 Å². The fraction of sp³-hybridized carbons (Fsp3) is 0.379. The van der Waals surface area contributed by atoms with Crippen LogP contribution in [-0.4, -0.2) is 68.7 Å². The summed E-state index contributed by atoms with van der Waals surface area (Å²) in [6.45, 7) is 3.95. The number of fused-ring (bicyclic) bond motifs is 1. The average molecular weight is 557 g/mol. The van der Waals surface area contributed by atoms with E-state index in [4.69, 9.17) is 25.8 Å². The van der Waals surface area contributed by atoms with Gasteiger partial charge < -0.3 is 24.0 Å². The lowest BCUT2D eigenvalue weighted by Crippen LogP contribution is -2.47. The molecule has 2 heterocycles. The third-order valence-electron chi connectivity index (χ3n) is 6.60. The van der Waals surface area contributed by atoms with Crippen LogP contribution in [0.25, 0.3) is 0 Å². The van der Waals surface area contributed by atoms with Gasteiger partial charge >= 0.3 is 0 Å². The molecule has 3 aromatic rings. The molecule has 1 unspecified atom stereocenters. The zero-order valence-electron chi connectivity index (χ0n) is 21.9. The highest BCUT2D eigenvalue weighted by Crippen LogP contribution is 2.38. The van der Waals surface area contributed by atoms with E-state index in [1.54, 1.807) is 48.7 Å². The van der Waals surface area contributed by atoms with Crippen molar-refractivity contribution in [3.05, 3.63) is 80.5 Å². The Morgan fingerprint density at radius 3 is 2.45 bits per heavy atom. The molecule has 4 rings (SSSR count). The Hall–Kier alpha value is -3.07. The van der Waals surface area contributed by atoms with Crippen LogP contribution in [0.2, 0.25) is 5.02 Å². The molecular formula is C29H33ClN2O5S. The number of methoxy groups -OCH3 is 2. The van der Waals surface area contributed by atoms with Crippen LogP contribution in [0.3, 0.4) is 0 Å². The summed E-state index contributed by atoms with van der Waals surface area (Å²) in [6.07, 6.45) is 1.40. The van der Waals surface area contributed by atoms with E-state index >= 15 is 0 Å². The van der Waals surface area contributed by atoms with Crippen LogP contribution in [0.1, 0.15) is 45.7 Å². The van der Waals surface area contributed by atoms with Crippen molar-refractivity contribution in [3.63, 3.8) is 0 Å². The summed E-state index contributed by atoms with van der Waals surface area (Å²) < 4.78 is 16.2. The maximum atomic E-state index is 13.9. The summed E-state index contributed by atoms with van der Waals surface area (Å²) in [5.74, 6) is 0.652. The first-order chi connectivity index (χ1) is 18.4. The molecular weight excluding hydrogens is 524 g/mol. The Balaban J connectivity index is 1.61. The van der Waals surface area contributed by atoms with E-state index in [0.29, 0.717) is 54.8 Å². The molecule has 1 aliphatic heterocycles. The number of hydrogen-bond acceptors (Lipinski definition) is 6. The second-order valence-electron chi connectivity index (χ2n) is 8.97. The minimum atomic E-state index is -0.261. The van der Waals surface area contributed by atoms with E-state index in [9.17, 15) is 9.59 Å². The van der Waals surface area contributed by atoms with Gasteiger partial charge in [-0.1, -0.05) is 23.7 Å². The summed E-state index contributed by atoms with van der Waals surface area (Å²) in [7, 11) is 3.08. The lowest BCUT2D eigenvalue weighted by molar-refractivity contribution is -0.134. The van der Waals surface area contributed by atoms with Crippen molar-refractivity contribution >= 4 is 34.8 Å². The molecule has 1 aromatic heterocycles. The second kappa shape index (κ2) is 13.1. The maximum absolute atomic E-state index is 13.9. The predicted molar refractivity (Wildman–Crippen MR) is 150 cm³/mol. The van der Waals surface area contributed by atoms with E-state index in [1.165, 1.54) is 4.88 Å². The fourth-order valence-electron chi connectivity index (χ4n) is 4.71. The molecule has 0 saturated heterocycles. The smallest absolute Gasteiger partial charge is 0.254 e. The largest absolute Gasteiger partial charge is 0.497 e. The zero-order chi connectivity index (χ0) is 27.1. The Labute approximate surface area is 232 Å². The molecule has 0 N–H and O–H groups in total. The van der Waals surface area contributed by atoms with Crippen molar-refractivity contribution in [2.75, 3.05) is 47.1 Å². The topological polar surface area (TPSA) is 68.3 Å². The van der Waals surface area contributed by atoms with Crippen LogP contribution in [-0.2, 0) is 16.0 Å². The maximum Gasteiger partial charge on any atom is 0.254 e. The van der Waals surface area contributed by atoms with Crippen LogP contribution < -0.4 is 9.47 Å². The highest BCUT2D eigenvalue weighted by atomic mass is 35.5. The fourth-order valence-corrected chi connectivity index (χ4v) is 5.74. The van der Waals surface area contributed by atoms with Gasteiger partial charge in [0.25, 0.3) is 5.91 Å². The van der Waals surface area contributed by atoms with Crippen LogP contribution >= 0.6 is 22.9 Å². The normalized spacial score (nSPS) is 14.6. The van der Waals surface area contributed by atoms with Gasteiger partial charge in [0.1, 0.15) is 18.0 Å². The van der Waals surface area contributed by atoms with E-state index < -0.39 is 0 Å². The summed E-state index contributed by atoms with van der Waals surface area (Å²) >= 11 is 7.87. The number of amides is 2. The Bertz CT molecular complexity index is 1220. The minimum Gasteiger partial charge on any atom is -0.497 e. The Kier molecular flexibility index (Phi) is 9.66. The van der Waals surface area contributed by atoms with E-state index in [-0.39, 0.29) is 24.4 Å². The number of nitrogens with zero attached hydrogens (tertiary/aromatic N) is 2. The van der Waals surface area contributed by atoms with Crippen LogP contribution in [0.5, 0.6) is 11.5 Å². The average Bonchev–Trinajstić information content (AvgIpc) is 3.43. The first kappa shape index (κ1) is 28.0. The highest BCUT2D eigenvalue weighted by Gasteiger charge is 2.34. The molecule has 0 saturated carbocycles. The van der Waals surface area contributed by atoms with Crippen molar-refractivity contribution in [3.8, 4) is 11.5 Å². The zero-order valence-corrected chi connectivity index (χ0v) is 23.5. The van der Waals surface area contributed by atoms with E-state index in [2.05, 4.69) is 11.4 Å². The molecule has 0 fully saturated rings. The van der Waals surface area contributed by atoms with Gasteiger partial charge in [-0.2, -0.15) is 0 Å². The second-order valence-corrected chi connectivity index (χ2v) is 10.4. The molecule has 2 aromatic carbocycles. The first-order valence-corrected chi connectivity index (χ1v) is 13.9. The van der Waals surface area contributed by atoms with Crippen LogP contribution in [0, 0.1) is 0 Å². The summed E-state index contributed by atoms with van der Waals surface area (Å²) in [6, 6.07) is 14.5. The van der Waals surface area contributed by atoms with Crippen LogP contribution in [0.15, 0.2) is 53.9 Å². The number of rotatable bonds is 11. The summed E-state index contributed by atoms with van der Waals surface area (Å²) in [5, 5.41) is 2.72. The molecule has 38 heavy (non-hydrogen) atoms. The molecule has 202 valence electrons. The molecule has 1 aliphatic rings. The first-order valence-electron chi connectivity index (χ1n) is 12.7. The molecule has 0 spiro atoms. The van der Waals surface area contributed by atoms with Crippen LogP contribution in [0.4, 0.5) is 0 Å². The van der Waals surface area contributed by atoms with Crippen molar-refractivity contribution in [2.45, 2.75) is 25.8 Å². The molecule has 1 atom stereocenters. The van der Waals surface area contributed by atoms with Gasteiger partial charge in [-0.15, -0.1) is 11.3 Å². The molecule has 0 radical (unpaired) electrons. The summed E-state index contributed by atoms with van der Waals surface area (Å²) in [4.78, 5) is 32.3. The monoisotopic (exact) mass is 556 g/mol. The third-order valence-corrected chi connectivity index (χ3v) is 7.85. The number of carbonyl (C=O) groups is 2. The van der Waals surface area contributed by atoms with E-state index in [1.807, 2.05) is 36.1 Å². The van der Waals surface area contributed by atoms with Gasteiger partial charge in [-0.05, 0) is 66.6 Å². The molecule has 2 amide bonds. The lowest BCUT2D eigenvalue weighted by Gasteiger charge is -2.37. The molecule has 0 aliphatic carbocycles. The van der Waals surface area contributed by atoms with Gasteiger partial charge in [0.2, 0.25) is 5.91 Å². The summed E-state index contributed by atoms with van der Waals surface area (Å²) in [5.41, 5.74) is 2.52. The molecule has 7 nitrogen and oxygen atoms in total. The molecule has 0 bridgehead atoms. The van der Waals surface area contributed by atoms with Crippen molar-refractivity contribution in [1.29, 1.82) is 0 Å². The Morgan fingerprint density at radius 1 is 1.08 bits per heavy atom. The number of ether oxygens (including phenoxy) is 3. The number of thiophene rings is 1. The van der Waals surface area contributed by atoms with Gasteiger partial charge in [-0.3, -0.25) is 9.59 Å². The number of benzene rings is 2. The van der Waals surface area contributed by atoms with Gasteiger partial charge in [0.05, 0.1) is 20.3 Å². The number of halogens is 1. The predicted octanol–water partition coefficient (Wildman–Crippen LogP) is 5.46.